The smallest absolute Gasteiger partial charge is 0.190 e. The molecule has 0 aliphatic rings. The summed E-state index contributed by atoms with van der Waals surface area (Å²) in [7, 11) is 1.65. The molecule has 9 heteroatoms. The number of thiazole rings is 1. The Balaban J connectivity index is 2.01. The first-order valence-corrected chi connectivity index (χ1v) is 10.2. The van der Waals surface area contributed by atoms with Crippen LogP contribution < -0.4 is 4.80 Å². The minimum absolute atomic E-state index is 0.00251. The van der Waals surface area contributed by atoms with E-state index in [9.17, 15) is 0 Å². The van der Waals surface area contributed by atoms with Gasteiger partial charge in [-0.3, -0.25) is 9.97 Å². The van der Waals surface area contributed by atoms with Crippen molar-refractivity contribution in [2.75, 3.05) is 26.9 Å². The van der Waals surface area contributed by atoms with Crippen LogP contribution in [0.4, 0.5) is 5.69 Å². The summed E-state index contributed by atoms with van der Waals surface area (Å²) < 4.78 is 12.8. The highest BCUT2D eigenvalue weighted by Crippen LogP contribution is 2.24. The standard InChI is InChI=1S/C20H20ClN5O2S/c1-14(12-28-8-7-27-2)26-19(18-11-23-5-6-24-18)13-29-20(26)25-16-4-3-15(10-22)17(21)9-16/h3-6,9,11,13-14H,7-8,12H2,1-2H3. The minimum Gasteiger partial charge on any atom is -0.382 e. The third-order valence-electron chi connectivity index (χ3n) is 4.10. The van der Waals surface area contributed by atoms with Gasteiger partial charge in [0.05, 0.1) is 54.0 Å². The number of nitrogens with zero attached hydrogens (tertiary/aromatic N) is 5. The average molecular weight is 430 g/mol. The van der Waals surface area contributed by atoms with Gasteiger partial charge in [-0.2, -0.15) is 5.26 Å². The van der Waals surface area contributed by atoms with E-state index in [1.807, 2.05) is 5.38 Å². The third kappa shape index (κ3) is 5.28. The second kappa shape index (κ2) is 10.3. The van der Waals surface area contributed by atoms with Crippen molar-refractivity contribution in [3.8, 4) is 17.5 Å². The van der Waals surface area contributed by atoms with Crippen molar-refractivity contribution in [2.45, 2.75) is 13.0 Å². The first-order valence-electron chi connectivity index (χ1n) is 8.91. The molecular weight excluding hydrogens is 410 g/mol. The molecule has 2 aromatic heterocycles. The van der Waals surface area contributed by atoms with Crippen molar-refractivity contribution in [1.29, 1.82) is 5.26 Å². The van der Waals surface area contributed by atoms with Gasteiger partial charge in [0, 0.05) is 24.9 Å². The Bertz CT molecular complexity index is 1060. The van der Waals surface area contributed by atoms with Crippen molar-refractivity contribution >= 4 is 28.6 Å². The number of nitriles is 1. The summed E-state index contributed by atoms with van der Waals surface area (Å²) in [4.78, 5) is 14.1. The van der Waals surface area contributed by atoms with Crippen LogP contribution in [0.2, 0.25) is 5.02 Å². The van der Waals surface area contributed by atoms with E-state index >= 15 is 0 Å². The van der Waals surface area contributed by atoms with Crippen LogP contribution in [0.5, 0.6) is 0 Å². The molecule has 0 spiro atoms. The van der Waals surface area contributed by atoms with Crippen LogP contribution in [0.15, 0.2) is 47.2 Å². The second-order valence-electron chi connectivity index (χ2n) is 6.17. The molecule has 0 aliphatic carbocycles. The van der Waals surface area contributed by atoms with Gasteiger partial charge in [-0.1, -0.05) is 11.6 Å². The fourth-order valence-electron chi connectivity index (χ4n) is 2.69. The third-order valence-corrected chi connectivity index (χ3v) is 5.25. The van der Waals surface area contributed by atoms with Crippen LogP contribution in [-0.4, -0.2) is 41.5 Å². The molecule has 0 fully saturated rings. The normalized spacial score (nSPS) is 12.7. The van der Waals surface area contributed by atoms with Gasteiger partial charge in [-0.05, 0) is 25.1 Å². The van der Waals surface area contributed by atoms with Crippen LogP contribution >= 0.6 is 22.9 Å². The zero-order chi connectivity index (χ0) is 20.6. The Labute approximate surface area is 177 Å². The largest absolute Gasteiger partial charge is 0.382 e. The van der Waals surface area contributed by atoms with E-state index in [2.05, 4.69) is 27.5 Å². The highest BCUT2D eigenvalue weighted by Gasteiger charge is 2.15. The van der Waals surface area contributed by atoms with Gasteiger partial charge >= 0.3 is 0 Å². The Hall–Kier alpha value is -2.57. The minimum atomic E-state index is 0.00251. The van der Waals surface area contributed by atoms with Crippen LogP contribution in [0.25, 0.3) is 11.4 Å². The maximum atomic E-state index is 9.06. The van der Waals surface area contributed by atoms with E-state index in [0.29, 0.717) is 36.1 Å². The summed E-state index contributed by atoms with van der Waals surface area (Å²) in [5.74, 6) is 0. The number of rotatable bonds is 8. The number of benzene rings is 1. The molecule has 1 unspecified atom stereocenters. The summed E-state index contributed by atoms with van der Waals surface area (Å²) in [6.45, 7) is 3.61. The first-order chi connectivity index (χ1) is 14.1. The van der Waals surface area contributed by atoms with E-state index in [1.165, 1.54) is 11.3 Å². The molecule has 7 nitrogen and oxygen atoms in total. The zero-order valence-corrected chi connectivity index (χ0v) is 17.7. The lowest BCUT2D eigenvalue weighted by Gasteiger charge is -2.17. The van der Waals surface area contributed by atoms with Crippen LogP contribution in [0.3, 0.4) is 0 Å². The molecule has 0 amide bonds. The fourth-order valence-corrected chi connectivity index (χ4v) is 3.91. The summed E-state index contributed by atoms with van der Waals surface area (Å²) in [6, 6.07) is 7.19. The number of halogens is 1. The van der Waals surface area contributed by atoms with Gasteiger partial charge in [0.15, 0.2) is 4.80 Å². The number of hydrogen-bond donors (Lipinski definition) is 0. The number of aromatic nitrogens is 3. The Morgan fingerprint density at radius 2 is 2.21 bits per heavy atom. The fraction of sp³-hybridized carbons (Fsp3) is 0.300. The lowest BCUT2D eigenvalue weighted by Crippen LogP contribution is -2.24. The molecule has 0 radical (unpaired) electrons. The van der Waals surface area contributed by atoms with Crippen molar-refractivity contribution in [3.63, 3.8) is 0 Å². The van der Waals surface area contributed by atoms with Crippen molar-refractivity contribution in [2.24, 2.45) is 4.99 Å². The number of methoxy groups -OCH3 is 1. The Morgan fingerprint density at radius 3 is 2.90 bits per heavy atom. The molecule has 1 aromatic carbocycles. The highest BCUT2D eigenvalue weighted by atomic mass is 35.5. The van der Waals surface area contributed by atoms with Crippen molar-refractivity contribution in [1.82, 2.24) is 14.5 Å². The molecule has 1 atom stereocenters. The predicted molar refractivity (Wildman–Crippen MR) is 112 cm³/mol. The molecule has 150 valence electrons. The molecule has 0 N–H and O–H groups in total. The van der Waals surface area contributed by atoms with Gasteiger partial charge in [-0.25, -0.2) is 4.99 Å². The molecule has 2 heterocycles. The van der Waals surface area contributed by atoms with Crippen LogP contribution in [-0.2, 0) is 9.47 Å². The van der Waals surface area contributed by atoms with Gasteiger partial charge < -0.3 is 14.0 Å². The SMILES string of the molecule is COCCOCC(C)n1c(-c2cnccn2)csc1=Nc1ccc(C#N)c(Cl)c1. The van der Waals surface area contributed by atoms with E-state index in [1.54, 1.807) is 43.9 Å². The van der Waals surface area contributed by atoms with Crippen molar-refractivity contribution in [3.05, 3.63) is 57.6 Å². The molecule has 0 bridgehead atoms. The lowest BCUT2D eigenvalue weighted by atomic mass is 10.2. The van der Waals surface area contributed by atoms with Crippen LogP contribution in [0, 0.1) is 11.3 Å². The predicted octanol–water partition coefficient (Wildman–Crippen LogP) is 3.99. The average Bonchev–Trinajstić information content (AvgIpc) is 3.15. The molecule has 0 saturated heterocycles. The second-order valence-corrected chi connectivity index (χ2v) is 7.41. The number of ether oxygens (including phenoxy) is 2. The van der Waals surface area contributed by atoms with Gasteiger partial charge in [-0.15, -0.1) is 11.3 Å². The van der Waals surface area contributed by atoms with E-state index < -0.39 is 0 Å². The van der Waals surface area contributed by atoms with Gasteiger partial charge in [0.2, 0.25) is 0 Å². The molecule has 0 saturated carbocycles. The van der Waals surface area contributed by atoms with Crippen LogP contribution in [0.1, 0.15) is 18.5 Å². The molecular formula is C20H20ClN5O2S. The molecule has 3 rings (SSSR count). The maximum Gasteiger partial charge on any atom is 0.190 e. The first kappa shape index (κ1) is 21.1. The maximum absolute atomic E-state index is 9.06. The number of hydrogen-bond acceptors (Lipinski definition) is 7. The summed E-state index contributed by atoms with van der Waals surface area (Å²) >= 11 is 7.66. The summed E-state index contributed by atoms with van der Waals surface area (Å²) in [5, 5.41) is 11.4. The highest BCUT2D eigenvalue weighted by molar-refractivity contribution is 7.07. The van der Waals surface area contributed by atoms with E-state index in [0.717, 1.165) is 16.2 Å². The Kier molecular flexibility index (Phi) is 7.49. The van der Waals surface area contributed by atoms with E-state index in [4.69, 9.17) is 31.3 Å². The van der Waals surface area contributed by atoms with Crippen molar-refractivity contribution < 1.29 is 9.47 Å². The quantitative estimate of drug-likeness (QED) is 0.505. The van der Waals surface area contributed by atoms with E-state index in [-0.39, 0.29) is 6.04 Å². The Morgan fingerprint density at radius 1 is 1.34 bits per heavy atom. The van der Waals surface area contributed by atoms with Gasteiger partial charge in [0.25, 0.3) is 0 Å². The zero-order valence-electron chi connectivity index (χ0n) is 16.1. The summed E-state index contributed by atoms with van der Waals surface area (Å²) in [6.07, 6.45) is 5.02. The molecule has 29 heavy (non-hydrogen) atoms. The molecule has 3 aromatic rings. The topological polar surface area (TPSA) is 85.3 Å². The summed E-state index contributed by atoms with van der Waals surface area (Å²) in [5.41, 5.74) is 2.75. The lowest BCUT2D eigenvalue weighted by molar-refractivity contribution is 0.0561. The molecule has 0 aliphatic heterocycles. The monoisotopic (exact) mass is 429 g/mol. The van der Waals surface area contributed by atoms with Gasteiger partial charge in [0.1, 0.15) is 11.8 Å².